The quantitative estimate of drug-likeness (QED) is 0.910. The summed E-state index contributed by atoms with van der Waals surface area (Å²) in [7, 11) is 0. The Hall–Kier alpha value is -1.76. The molecule has 1 N–H and O–H groups in total. The van der Waals surface area contributed by atoms with Gasteiger partial charge in [-0.25, -0.2) is 0 Å². The lowest BCUT2D eigenvalue weighted by atomic mass is 10.1. The Morgan fingerprint density at radius 3 is 2.87 bits per heavy atom. The topological polar surface area (TPSA) is 63.4 Å². The summed E-state index contributed by atoms with van der Waals surface area (Å²) in [5, 5.41) is 18.6. The van der Waals surface area contributed by atoms with Crippen molar-refractivity contribution in [1.29, 1.82) is 0 Å². The van der Waals surface area contributed by atoms with Crippen LogP contribution in [0.3, 0.4) is 0 Å². The van der Waals surface area contributed by atoms with Gasteiger partial charge in [0.25, 0.3) is 0 Å². The van der Waals surface area contributed by atoms with Crippen molar-refractivity contribution >= 4 is 0 Å². The lowest BCUT2D eigenvalue weighted by Gasteiger charge is -2.33. The molecule has 6 heteroatoms. The van der Waals surface area contributed by atoms with Gasteiger partial charge in [-0.3, -0.25) is 4.90 Å². The van der Waals surface area contributed by atoms with Crippen LogP contribution >= 0.6 is 0 Å². The third kappa shape index (κ3) is 3.77. The minimum absolute atomic E-state index is 0.0867. The lowest BCUT2D eigenvalue weighted by Crippen LogP contribution is -2.41. The molecular weight excluding hydrogens is 292 g/mol. The van der Waals surface area contributed by atoms with Crippen molar-refractivity contribution in [3.05, 3.63) is 47.5 Å². The highest BCUT2D eigenvalue weighted by atomic mass is 16.5. The van der Waals surface area contributed by atoms with Crippen LogP contribution < -0.4 is 0 Å². The molecule has 23 heavy (non-hydrogen) atoms. The first-order valence-electron chi connectivity index (χ1n) is 8.13. The SMILES string of the molecule is CCn1cnnc1[C@@H]1CN(C[C@@H](O)c2ccc(C)cc2)CCO1. The van der Waals surface area contributed by atoms with Gasteiger partial charge < -0.3 is 14.4 Å². The van der Waals surface area contributed by atoms with E-state index in [9.17, 15) is 5.11 Å². The fourth-order valence-corrected chi connectivity index (χ4v) is 2.92. The number of β-amino-alcohol motifs (C(OH)–C–C–N with tert-alkyl or cyclic N) is 1. The van der Waals surface area contributed by atoms with E-state index in [0.29, 0.717) is 13.2 Å². The van der Waals surface area contributed by atoms with Crippen molar-refractivity contribution in [2.24, 2.45) is 0 Å². The van der Waals surface area contributed by atoms with Gasteiger partial charge in [-0.1, -0.05) is 29.8 Å². The molecule has 1 saturated heterocycles. The number of morpholine rings is 1. The third-order valence-corrected chi connectivity index (χ3v) is 4.32. The summed E-state index contributed by atoms with van der Waals surface area (Å²) in [4.78, 5) is 2.23. The van der Waals surface area contributed by atoms with Gasteiger partial charge in [0.15, 0.2) is 5.82 Å². The molecule has 1 aliphatic heterocycles. The molecule has 0 spiro atoms. The van der Waals surface area contributed by atoms with Crippen LogP contribution in [0, 0.1) is 6.92 Å². The van der Waals surface area contributed by atoms with Gasteiger partial charge in [-0.2, -0.15) is 0 Å². The Kier molecular flexibility index (Phi) is 5.05. The number of aliphatic hydroxyl groups is 1. The Labute approximate surface area is 136 Å². The van der Waals surface area contributed by atoms with Crippen molar-refractivity contribution in [1.82, 2.24) is 19.7 Å². The lowest BCUT2D eigenvalue weighted by molar-refractivity contribution is -0.0476. The number of nitrogens with zero attached hydrogens (tertiary/aromatic N) is 4. The monoisotopic (exact) mass is 316 g/mol. The fraction of sp³-hybridized carbons (Fsp3) is 0.529. The van der Waals surface area contributed by atoms with Gasteiger partial charge in [0.1, 0.15) is 12.4 Å². The summed E-state index contributed by atoms with van der Waals surface area (Å²) in [6.07, 6.45) is 1.16. The summed E-state index contributed by atoms with van der Waals surface area (Å²) < 4.78 is 7.86. The number of aliphatic hydroxyl groups excluding tert-OH is 1. The number of ether oxygens (including phenoxy) is 1. The number of aromatic nitrogens is 3. The predicted molar refractivity (Wildman–Crippen MR) is 87.0 cm³/mol. The molecule has 124 valence electrons. The van der Waals surface area contributed by atoms with Crippen LogP contribution in [0.2, 0.25) is 0 Å². The van der Waals surface area contributed by atoms with E-state index in [2.05, 4.69) is 22.0 Å². The summed E-state index contributed by atoms with van der Waals surface area (Å²) in [6.45, 7) is 7.72. The van der Waals surface area contributed by atoms with E-state index in [1.807, 2.05) is 35.8 Å². The molecule has 0 radical (unpaired) electrons. The van der Waals surface area contributed by atoms with Crippen molar-refractivity contribution in [3.63, 3.8) is 0 Å². The van der Waals surface area contributed by atoms with Crippen molar-refractivity contribution in [2.45, 2.75) is 32.6 Å². The zero-order valence-corrected chi connectivity index (χ0v) is 13.7. The minimum Gasteiger partial charge on any atom is -0.387 e. The van der Waals surface area contributed by atoms with Crippen LogP contribution in [0.1, 0.15) is 36.1 Å². The Morgan fingerprint density at radius 2 is 2.13 bits per heavy atom. The first-order valence-corrected chi connectivity index (χ1v) is 8.13. The molecule has 2 atom stereocenters. The van der Waals surface area contributed by atoms with Crippen molar-refractivity contribution in [2.75, 3.05) is 26.2 Å². The number of rotatable bonds is 5. The van der Waals surface area contributed by atoms with Crippen LogP contribution in [-0.4, -0.2) is 51.0 Å². The summed E-state index contributed by atoms with van der Waals surface area (Å²) in [5.41, 5.74) is 2.15. The second kappa shape index (κ2) is 7.21. The minimum atomic E-state index is -0.488. The van der Waals surface area contributed by atoms with E-state index in [0.717, 1.165) is 31.0 Å². The summed E-state index contributed by atoms with van der Waals surface area (Å²) in [5.74, 6) is 0.863. The third-order valence-electron chi connectivity index (χ3n) is 4.32. The molecule has 1 aromatic heterocycles. The largest absolute Gasteiger partial charge is 0.387 e. The Bertz CT molecular complexity index is 626. The molecular formula is C17H24N4O2. The molecule has 0 aliphatic carbocycles. The molecule has 1 aliphatic rings. The molecule has 1 aromatic carbocycles. The van der Waals surface area contributed by atoms with Gasteiger partial charge in [-0.15, -0.1) is 10.2 Å². The number of hydrogen-bond acceptors (Lipinski definition) is 5. The second-order valence-electron chi connectivity index (χ2n) is 6.02. The van der Waals surface area contributed by atoms with E-state index in [1.165, 1.54) is 5.56 Å². The zero-order chi connectivity index (χ0) is 16.2. The molecule has 0 amide bonds. The normalized spacial score (nSPS) is 20.6. The van der Waals surface area contributed by atoms with Crippen molar-refractivity contribution in [3.8, 4) is 0 Å². The first-order chi connectivity index (χ1) is 11.2. The van der Waals surface area contributed by atoms with E-state index < -0.39 is 6.10 Å². The molecule has 2 aromatic rings. The maximum Gasteiger partial charge on any atom is 0.163 e. The van der Waals surface area contributed by atoms with E-state index in [1.54, 1.807) is 6.33 Å². The summed E-state index contributed by atoms with van der Waals surface area (Å²) in [6, 6.07) is 8.05. The van der Waals surface area contributed by atoms with Gasteiger partial charge >= 0.3 is 0 Å². The highest BCUT2D eigenvalue weighted by Crippen LogP contribution is 2.23. The Balaban J connectivity index is 1.63. The van der Waals surface area contributed by atoms with E-state index in [-0.39, 0.29) is 6.10 Å². The van der Waals surface area contributed by atoms with E-state index in [4.69, 9.17) is 4.74 Å². The average Bonchev–Trinajstić information content (AvgIpc) is 3.04. The highest BCUT2D eigenvalue weighted by molar-refractivity contribution is 5.23. The Morgan fingerprint density at radius 1 is 1.35 bits per heavy atom. The first kappa shape index (κ1) is 16.1. The maximum atomic E-state index is 10.5. The van der Waals surface area contributed by atoms with Crippen LogP contribution in [0.25, 0.3) is 0 Å². The fourth-order valence-electron chi connectivity index (χ4n) is 2.92. The highest BCUT2D eigenvalue weighted by Gasteiger charge is 2.27. The van der Waals surface area contributed by atoms with E-state index >= 15 is 0 Å². The standard InChI is InChI=1S/C17H24N4O2/c1-3-21-12-18-19-17(21)16-11-20(8-9-23-16)10-15(22)14-6-4-13(2)5-7-14/h4-7,12,15-16,22H,3,8-11H2,1-2H3/t15-,16+/m1/s1. The van der Waals surface area contributed by atoms with Gasteiger partial charge in [0.2, 0.25) is 0 Å². The maximum absolute atomic E-state index is 10.5. The molecule has 6 nitrogen and oxygen atoms in total. The number of hydrogen-bond donors (Lipinski definition) is 1. The predicted octanol–water partition coefficient (Wildman–Crippen LogP) is 1.71. The number of benzene rings is 1. The summed E-state index contributed by atoms with van der Waals surface area (Å²) >= 11 is 0. The van der Waals surface area contributed by atoms with Gasteiger partial charge in [0, 0.05) is 26.2 Å². The molecule has 0 saturated carbocycles. The van der Waals surface area contributed by atoms with Crippen LogP contribution in [0.4, 0.5) is 0 Å². The smallest absolute Gasteiger partial charge is 0.163 e. The van der Waals surface area contributed by atoms with Crippen LogP contribution in [0.15, 0.2) is 30.6 Å². The van der Waals surface area contributed by atoms with Gasteiger partial charge in [-0.05, 0) is 19.4 Å². The molecule has 2 heterocycles. The van der Waals surface area contributed by atoms with Crippen LogP contribution in [0.5, 0.6) is 0 Å². The van der Waals surface area contributed by atoms with Crippen LogP contribution in [-0.2, 0) is 11.3 Å². The average molecular weight is 316 g/mol. The molecule has 0 bridgehead atoms. The second-order valence-corrected chi connectivity index (χ2v) is 6.02. The van der Waals surface area contributed by atoms with Crippen molar-refractivity contribution < 1.29 is 9.84 Å². The number of aryl methyl sites for hydroxylation is 2. The molecule has 1 fully saturated rings. The zero-order valence-electron chi connectivity index (χ0n) is 13.7. The molecule has 0 unspecified atom stereocenters. The molecule has 3 rings (SSSR count). The van der Waals surface area contributed by atoms with Gasteiger partial charge in [0.05, 0.1) is 12.7 Å².